The largest absolute Gasteiger partial charge is 0.497 e. The highest BCUT2D eigenvalue weighted by molar-refractivity contribution is 5.80. The Labute approximate surface area is 157 Å². The molecule has 0 saturated carbocycles. The smallest absolute Gasteiger partial charge is 0.252 e. The summed E-state index contributed by atoms with van der Waals surface area (Å²) in [6, 6.07) is 9.55. The van der Waals surface area contributed by atoms with Crippen LogP contribution in [-0.2, 0) is 17.8 Å². The minimum Gasteiger partial charge on any atom is -0.497 e. The van der Waals surface area contributed by atoms with Crippen molar-refractivity contribution in [3.63, 3.8) is 0 Å². The second-order valence-electron chi connectivity index (χ2n) is 6.89. The average Bonchev–Trinajstić information content (AvgIpc) is 3.08. The van der Waals surface area contributed by atoms with Crippen molar-refractivity contribution in [2.75, 3.05) is 26.8 Å². The summed E-state index contributed by atoms with van der Waals surface area (Å²) in [6.07, 6.45) is 4.73. The predicted octanol–water partition coefficient (Wildman–Crippen LogP) is 2.02. The second-order valence-corrected chi connectivity index (χ2v) is 6.89. The molecular formula is C20H24N4O3. The van der Waals surface area contributed by atoms with Crippen LogP contribution in [0.4, 0.5) is 0 Å². The third-order valence-corrected chi connectivity index (χ3v) is 4.91. The molecule has 0 amide bonds. The standard InChI is InChI=1S/C20H24N4O3/c1-26-17-4-5-19-15(11-17)10-16(20(25)22-19)12-23-7-3-9-27-18(13-23)14-24-8-2-6-21-24/h2,4-6,8,10-11,18H,3,7,9,12-14H2,1H3,(H,22,25)/t18-/m0/s1. The molecule has 0 unspecified atom stereocenters. The molecule has 0 aliphatic carbocycles. The van der Waals surface area contributed by atoms with E-state index in [0.29, 0.717) is 6.54 Å². The fourth-order valence-corrected chi connectivity index (χ4v) is 3.56. The molecule has 1 aliphatic heterocycles. The van der Waals surface area contributed by atoms with Gasteiger partial charge in [0.05, 0.1) is 19.8 Å². The highest BCUT2D eigenvalue weighted by Crippen LogP contribution is 2.19. The number of hydrogen-bond donors (Lipinski definition) is 1. The van der Waals surface area contributed by atoms with E-state index in [1.807, 2.05) is 41.2 Å². The lowest BCUT2D eigenvalue weighted by molar-refractivity contribution is 0.0391. The van der Waals surface area contributed by atoms with Gasteiger partial charge in [0.15, 0.2) is 0 Å². The van der Waals surface area contributed by atoms with E-state index in [9.17, 15) is 4.79 Å². The molecule has 1 saturated heterocycles. The first-order chi connectivity index (χ1) is 13.2. The molecule has 7 heteroatoms. The summed E-state index contributed by atoms with van der Waals surface area (Å²) in [4.78, 5) is 17.8. The molecule has 1 aliphatic rings. The number of H-pyrrole nitrogens is 1. The SMILES string of the molecule is COc1ccc2[nH]c(=O)c(CN3CCCO[C@H](Cn4cccn4)C3)cc2c1. The molecule has 27 heavy (non-hydrogen) atoms. The molecule has 0 radical (unpaired) electrons. The number of pyridine rings is 1. The van der Waals surface area contributed by atoms with E-state index in [1.54, 1.807) is 13.3 Å². The monoisotopic (exact) mass is 368 g/mol. The molecule has 1 N–H and O–H groups in total. The zero-order chi connectivity index (χ0) is 18.6. The maximum atomic E-state index is 12.5. The summed E-state index contributed by atoms with van der Waals surface area (Å²) < 4.78 is 13.2. The first kappa shape index (κ1) is 17.8. The average molecular weight is 368 g/mol. The Hall–Kier alpha value is -2.64. The normalized spacial score (nSPS) is 18.5. The first-order valence-corrected chi connectivity index (χ1v) is 9.22. The Bertz CT molecular complexity index is 952. The zero-order valence-electron chi connectivity index (χ0n) is 15.4. The molecule has 142 valence electrons. The lowest BCUT2D eigenvalue weighted by Gasteiger charge is -2.23. The van der Waals surface area contributed by atoms with Gasteiger partial charge in [-0.2, -0.15) is 5.10 Å². The molecule has 3 aromatic rings. The van der Waals surface area contributed by atoms with Crippen LogP contribution in [0.15, 0.2) is 47.5 Å². The summed E-state index contributed by atoms with van der Waals surface area (Å²) in [5.74, 6) is 0.781. The molecule has 2 aromatic heterocycles. The molecule has 1 fully saturated rings. The number of hydrogen-bond acceptors (Lipinski definition) is 5. The van der Waals surface area contributed by atoms with Crippen molar-refractivity contribution in [3.8, 4) is 5.75 Å². The molecule has 1 aromatic carbocycles. The van der Waals surface area contributed by atoms with Crippen molar-refractivity contribution >= 4 is 10.9 Å². The van der Waals surface area contributed by atoms with E-state index in [2.05, 4.69) is 15.0 Å². The van der Waals surface area contributed by atoms with E-state index < -0.39 is 0 Å². The first-order valence-electron chi connectivity index (χ1n) is 9.22. The van der Waals surface area contributed by atoms with Gasteiger partial charge in [0, 0.05) is 55.1 Å². The molecule has 0 spiro atoms. The van der Waals surface area contributed by atoms with Crippen molar-refractivity contribution < 1.29 is 9.47 Å². The van der Waals surface area contributed by atoms with Crippen LogP contribution in [0.5, 0.6) is 5.75 Å². The summed E-state index contributed by atoms with van der Waals surface area (Å²) >= 11 is 0. The van der Waals surface area contributed by atoms with Gasteiger partial charge >= 0.3 is 0 Å². The maximum Gasteiger partial charge on any atom is 0.252 e. The van der Waals surface area contributed by atoms with Crippen LogP contribution in [0.25, 0.3) is 10.9 Å². The Morgan fingerprint density at radius 2 is 2.30 bits per heavy atom. The molecular weight excluding hydrogens is 344 g/mol. The lowest BCUT2D eigenvalue weighted by atomic mass is 10.1. The predicted molar refractivity (Wildman–Crippen MR) is 103 cm³/mol. The van der Waals surface area contributed by atoms with Gasteiger partial charge in [-0.1, -0.05) is 0 Å². The quantitative estimate of drug-likeness (QED) is 0.746. The van der Waals surface area contributed by atoms with Crippen molar-refractivity contribution in [2.45, 2.75) is 25.6 Å². The Balaban J connectivity index is 1.52. The number of ether oxygens (including phenoxy) is 2. The lowest BCUT2D eigenvalue weighted by Crippen LogP contribution is -2.35. The van der Waals surface area contributed by atoms with Gasteiger partial charge in [-0.15, -0.1) is 0 Å². The molecule has 0 bridgehead atoms. The van der Waals surface area contributed by atoms with Crippen LogP contribution in [0.1, 0.15) is 12.0 Å². The zero-order valence-corrected chi connectivity index (χ0v) is 15.4. The number of aromatic nitrogens is 3. The van der Waals surface area contributed by atoms with Crippen LogP contribution in [0.2, 0.25) is 0 Å². The third-order valence-electron chi connectivity index (χ3n) is 4.91. The third kappa shape index (κ3) is 4.20. The molecule has 4 rings (SSSR count). The van der Waals surface area contributed by atoms with Crippen LogP contribution in [0.3, 0.4) is 0 Å². The van der Waals surface area contributed by atoms with Crippen molar-refractivity contribution in [3.05, 3.63) is 58.6 Å². The van der Waals surface area contributed by atoms with Gasteiger partial charge < -0.3 is 14.5 Å². The Morgan fingerprint density at radius 1 is 1.37 bits per heavy atom. The van der Waals surface area contributed by atoms with Gasteiger partial charge in [0.25, 0.3) is 5.56 Å². The fraction of sp³-hybridized carbons (Fsp3) is 0.400. The molecule has 7 nitrogen and oxygen atoms in total. The van der Waals surface area contributed by atoms with Crippen LogP contribution >= 0.6 is 0 Å². The van der Waals surface area contributed by atoms with Gasteiger partial charge in [0.2, 0.25) is 0 Å². The topological polar surface area (TPSA) is 72.4 Å². The second kappa shape index (κ2) is 7.94. The number of nitrogens with one attached hydrogen (secondary N) is 1. The fourth-order valence-electron chi connectivity index (χ4n) is 3.56. The Morgan fingerprint density at radius 3 is 3.11 bits per heavy atom. The van der Waals surface area contributed by atoms with Crippen LogP contribution in [-0.4, -0.2) is 52.6 Å². The maximum absolute atomic E-state index is 12.5. The van der Waals surface area contributed by atoms with Crippen LogP contribution < -0.4 is 10.3 Å². The van der Waals surface area contributed by atoms with Crippen molar-refractivity contribution in [1.82, 2.24) is 19.7 Å². The Kier molecular flexibility index (Phi) is 5.22. The molecule has 1 atom stereocenters. The van der Waals surface area contributed by atoms with Gasteiger partial charge in [-0.3, -0.25) is 14.4 Å². The number of aromatic amines is 1. The summed E-state index contributed by atoms with van der Waals surface area (Å²) in [5.41, 5.74) is 1.54. The van der Waals surface area contributed by atoms with Gasteiger partial charge in [-0.05, 0) is 36.8 Å². The van der Waals surface area contributed by atoms with E-state index in [0.717, 1.165) is 54.9 Å². The van der Waals surface area contributed by atoms with E-state index in [1.165, 1.54) is 0 Å². The van der Waals surface area contributed by atoms with Gasteiger partial charge in [-0.25, -0.2) is 0 Å². The highest BCUT2D eigenvalue weighted by Gasteiger charge is 2.20. The summed E-state index contributed by atoms with van der Waals surface area (Å²) in [5, 5.41) is 5.24. The number of methoxy groups -OCH3 is 1. The summed E-state index contributed by atoms with van der Waals surface area (Å²) in [7, 11) is 1.64. The van der Waals surface area contributed by atoms with Crippen molar-refractivity contribution in [2.24, 2.45) is 0 Å². The number of benzene rings is 1. The van der Waals surface area contributed by atoms with Gasteiger partial charge in [0.1, 0.15) is 5.75 Å². The highest BCUT2D eigenvalue weighted by atomic mass is 16.5. The van der Waals surface area contributed by atoms with Crippen LogP contribution in [0, 0.1) is 0 Å². The minimum atomic E-state index is -0.0403. The molecule has 3 heterocycles. The minimum absolute atomic E-state index is 0.0403. The number of rotatable bonds is 5. The van der Waals surface area contributed by atoms with Crippen molar-refractivity contribution in [1.29, 1.82) is 0 Å². The number of fused-ring (bicyclic) bond motifs is 1. The summed E-state index contributed by atoms with van der Waals surface area (Å²) in [6.45, 7) is 3.73. The van der Waals surface area contributed by atoms with E-state index in [-0.39, 0.29) is 11.7 Å². The van der Waals surface area contributed by atoms with E-state index >= 15 is 0 Å². The number of nitrogens with zero attached hydrogens (tertiary/aromatic N) is 3. The van der Waals surface area contributed by atoms with E-state index in [4.69, 9.17) is 9.47 Å².